The number of aldehydes is 1. The van der Waals surface area contributed by atoms with Crippen molar-refractivity contribution in [1.82, 2.24) is 10.2 Å². The van der Waals surface area contributed by atoms with E-state index in [2.05, 4.69) is 5.32 Å². The van der Waals surface area contributed by atoms with Crippen LogP contribution in [-0.4, -0.2) is 36.5 Å². The first-order valence-electron chi connectivity index (χ1n) is 7.04. The number of unbranched alkanes of at least 4 members (excludes halogenated alkanes) is 1. The number of nitrogens with one attached hydrogen (secondary N) is 1. The molecule has 0 bridgehead atoms. The van der Waals surface area contributed by atoms with Crippen molar-refractivity contribution in [2.24, 2.45) is 0 Å². The molecule has 2 aliphatic heterocycles. The van der Waals surface area contributed by atoms with E-state index < -0.39 is 11.6 Å². The molecule has 1 unspecified atom stereocenters. The van der Waals surface area contributed by atoms with E-state index in [4.69, 9.17) is 9.47 Å². The zero-order chi connectivity index (χ0) is 15.7. The van der Waals surface area contributed by atoms with Gasteiger partial charge in [0, 0.05) is 13.0 Å². The van der Waals surface area contributed by atoms with Crippen LogP contribution in [0.15, 0.2) is 18.2 Å². The number of imide groups is 1. The first-order chi connectivity index (χ1) is 10.6. The second-order valence-electron chi connectivity index (χ2n) is 5.39. The van der Waals surface area contributed by atoms with Gasteiger partial charge in [-0.05, 0) is 31.0 Å². The van der Waals surface area contributed by atoms with E-state index in [0.717, 1.165) is 11.2 Å². The molecule has 0 aliphatic carbocycles. The summed E-state index contributed by atoms with van der Waals surface area (Å²) in [4.78, 5) is 36.2. The van der Waals surface area contributed by atoms with Gasteiger partial charge >= 0.3 is 6.03 Å². The number of ether oxygens (including phenoxy) is 2. The van der Waals surface area contributed by atoms with Gasteiger partial charge in [0.25, 0.3) is 5.91 Å². The Hall–Kier alpha value is -2.57. The van der Waals surface area contributed by atoms with E-state index in [1.54, 1.807) is 25.1 Å². The van der Waals surface area contributed by atoms with Crippen molar-refractivity contribution in [1.29, 1.82) is 0 Å². The number of nitrogens with zero attached hydrogens (tertiary/aromatic N) is 1. The molecule has 0 radical (unpaired) electrons. The summed E-state index contributed by atoms with van der Waals surface area (Å²) in [5, 5.41) is 2.72. The van der Waals surface area contributed by atoms with Crippen LogP contribution in [0.2, 0.25) is 0 Å². The first kappa shape index (κ1) is 14.4. The van der Waals surface area contributed by atoms with Gasteiger partial charge in [-0.1, -0.05) is 6.07 Å². The fraction of sp³-hybridized carbons (Fsp3) is 0.400. The van der Waals surface area contributed by atoms with E-state index in [0.29, 0.717) is 29.9 Å². The molecule has 1 aromatic carbocycles. The lowest BCUT2D eigenvalue weighted by Gasteiger charge is -2.22. The van der Waals surface area contributed by atoms with Gasteiger partial charge in [0.1, 0.15) is 11.8 Å². The largest absolute Gasteiger partial charge is 0.454 e. The molecule has 116 valence electrons. The number of fused-ring (bicyclic) bond motifs is 1. The van der Waals surface area contributed by atoms with Gasteiger partial charge in [0.05, 0.1) is 0 Å². The number of carbonyl (C=O) groups is 3. The minimum atomic E-state index is -1.14. The Kier molecular flexibility index (Phi) is 3.48. The van der Waals surface area contributed by atoms with Crippen LogP contribution in [0.5, 0.6) is 11.5 Å². The molecule has 2 aliphatic rings. The van der Waals surface area contributed by atoms with Gasteiger partial charge in [-0.2, -0.15) is 0 Å². The SMILES string of the molecule is CC1(c2ccc3c(c2)OCO3)NC(=O)N(CCCC=O)C1=O. The molecule has 0 saturated carbocycles. The minimum absolute atomic E-state index is 0.146. The summed E-state index contributed by atoms with van der Waals surface area (Å²) >= 11 is 0. The number of hydrogen-bond donors (Lipinski definition) is 1. The standard InChI is InChI=1S/C15H16N2O5/c1-15(10-4-5-11-12(8-10)22-9-21-11)13(19)17(14(20)16-15)6-2-3-7-18/h4-5,7-8H,2-3,6,9H2,1H3,(H,16,20). The lowest BCUT2D eigenvalue weighted by atomic mass is 9.91. The Morgan fingerprint density at radius 1 is 1.32 bits per heavy atom. The van der Waals surface area contributed by atoms with Crippen LogP contribution < -0.4 is 14.8 Å². The molecule has 0 spiro atoms. The number of urea groups is 1. The Labute approximate surface area is 127 Å². The molecule has 2 heterocycles. The highest BCUT2D eigenvalue weighted by molar-refractivity contribution is 6.07. The summed E-state index contributed by atoms with van der Waals surface area (Å²) in [7, 11) is 0. The molecule has 3 amide bonds. The van der Waals surface area contributed by atoms with Crippen molar-refractivity contribution in [2.45, 2.75) is 25.3 Å². The van der Waals surface area contributed by atoms with Crippen molar-refractivity contribution < 1.29 is 23.9 Å². The maximum Gasteiger partial charge on any atom is 0.325 e. The molecule has 1 fully saturated rings. The minimum Gasteiger partial charge on any atom is -0.454 e. The highest BCUT2D eigenvalue weighted by atomic mass is 16.7. The average Bonchev–Trinajstić information content (AvgIpc) is 3.05. The van der Waals surface area contributed by atoms with Gasteiger partial charge in [-0.3, -0.25) is 9.69 Å². The highest BCUT2D eigenvalue weighted by Gasteiger charge is 2.49. The summed E-state index contributed by atoms with van der Waals surface area (Å²) in [5.74, 6) is 0.842. The summed E-state index contributed by atoms with van der Waals surface area (Å²) < 4.78 is 10.6. The van der Waals surface area contributed by atoms with Crippen LogP contribution in [0.4, 0.5) is 4.79 Å². The van der Waals surface area contributed by atoms with E-state index in [-0.39, 0.29) is 19.2 Å². The lowest BCUT2D eigenvalue weighted by Crippen LogP contribution is -2.41. The number of hydrogen-bond acceptors (Lipinski definition) is 5. The van der Waals surface area contributed by atoms with Crippen molar-refractivity contribution in [3.63, 3.8) is 0 Å². The zero-order valence-electron chi connectivity index (χ0n) is 12.1. The average molecular weight is 304 g/mol. The summed E-state index contributed by atoms with van der Waals surface area (Å²) in [6.45, 7) is 2.03. The number of carbonyl (C=O) groups excluding carboxylic acids is 3. The van der Waals surface area contributed by atoms with Crippen LogP contribution in [0, 0.1) is 0 Å². The van der Waals surface area contributed by atoms with Gasteiger partial charge in [-0.25, -0.2) is 4.79 Å². The maximum atomic E-state index is 12.6. The predicted octanol–water partition coefficient (Wildman–Crippen LogP) is 1.16. The quantitative estimate of drug-likeness (QED) is 0.501. The van der Waals surface area contributed by atoms with Crippen LogP contribution in [-0.2, 0) is 15.1 Å². The zero-order valence-corrected chi connectivity index (χ0v) is 12.1. The Bertz CT molecular complexity index is 645. The molecule has 7 heteroatoms. The number of rotatable bonds is 5. The molecular formula is C15H16N2O5. The molecule has 1 N–H and O–H groups in total. The molecule has 0 aromatic heterocycles. The Morgan fingerprint density at radius 2 is 2.09 bits per heavy atom. The van der Waals surface area contributed by atoms with Crippen molar-refractivity contribution in [3.8, 4) is 11.5 Å². The predicted molar refractivity (Wildman–Crippen MR) is 75.5 cm³/mol. The van der Waals surface area contributed by atoms with E-state index >= 15 is 0 Å². The molecule has 1 atom stereocenters. The van der Waals surface area contributed by atoms with Crippen molar-refractivity contribution >= 4 is 18.2 Å². The summed E-state index contributed by atoms with van der Waals surface area (Å²) in [5.41, 5.74) is -0.507. The third kappa shape index (κ3) is 2.18. The third-order valence-corrected chi connectivity index (χ3v) is 3.93. The molecule has 22 heavy (non-hydrogen) atoms. The fourth-order valence-corrected chi connectivity index (χ4v) is 2.64. The smallest absolute Gasteiger partial charge is 0.325 e. The van der Waals surface area contributed by atoms with E-state index in [1.165, 1.54) is 0 Å². The number of benzene rings is 1. The lowest BCUT2D eigenvalue weighted by molar-refractivity contribution is -0.131. The van der Waals surface area contributed by atoms with Crippen molar-refractivity contribution in [2.75, 3.05) is 13.3 Å². The molecule has 1 saturated heterocycles. The fourth-order valence-electron chi connectivity index (χ4n) is 2.64. The molecule has 1 aromatic rings. The Morgan fingerprint density at radius 3 is 2.86 bits per heavy atom. The van der Waals surface area contributed by atoms with Gasteiger partial charge in [-0.15, -0.1) is 0 Å². The van der Waals surface area contributed by atoms with Crippen molar-refractivity contribution in [3.05, 3.63) is 23.8 Å². The summed E-state index contributed by atoms with van der Waals surface area (Å²) in [6, 6.07) is 4.71. The van der Waals surface area contributed by atoms with Gasteiger partial charge < -0.3 is 19.6 Å². The number of amides is 3. The third-order valence-electron chi connectivity index (χ3n) is 3.93. The van der Waals surface area contributed by atoms with Crippen LogP contribution in [0.1, 0.15) is 25.3 Å². The highest BCUT2D eigenvalue weighted by Crippen LogP contribution is 2.37. The van der Waals surface area contributed by atoms with Crippen LogP contribution in [0.3, 0.4) is 0 Å². The van der Waals surface area contributed by atoms with Crippen LogP contribution >= 0.6 is 0 Å². The van der Waals surface area contributed by atoms with Crippen LogP contribution in [0.25, 0.3) is 0 Å². The monoisotopic (exact) mass is 304 g/mol. The van der Waals surface area contributed by atoms with E-state index in [9.17, 15) is 14.4 Å². The van der Waals surface area contributed by atoms with E-state index in [1.807, 2.05) is 0 Å². The normalized spacial score (nSPS) is 22.9. The first-order valence-corrected chi connectivity index (χ1v) is 7.04. The Balaban J connectivity index is 1.85. The van der Waals surface area contributed by atoms with Gasteiger partial charge in [0.2, 0.25) is 6.79 Å². The second-order valence-corrected chi connectivity index (χ2v) is 5.39. The maximum absolute atomic E-state index is 12.6. The topological polar surface area (TPSA) is 84.9 Å². The van der Waals surface area contributed by atoms with Gasteiger partial charge in [0.15, 0.2) is 11.5 Å². The molecule has 7 nitrogen and oxygen atoms in total. The molecular weight excluding hydrogens is 288 g/mol. The second kappa shape index (κ2) is 5.32. The molecule has 3 rings (SSSR count). The summed E-state index contributed by atoms with van der Waals surface area (Å²) in [6.07, 6.45) is 1.55.